The van der Waals surface area contributed by atoms with Crippen molar-refractivity contribution < 1.29 is 0 Å². The van der Waals surface area contributed by atoms with Gasteiger partial charge >= 0.3 is 0 Å². The number of hydrogen-bond acceptors (Lipinski definition) is 3. The topological polar surface area (TPSA) is 38.7 Å². The molecule has 9 aromatic rings. The molecule has 2 aromatic heterocycles. The fourth-order valence-electron chi connectivity index (χ4n) is 6.71. The second-order valence-electron chi connectivity index (χ2n) is 12.5. The molecule has 0 saturated carbocycles. The summed E-state index contributed by atoms with van der Waals surface area (Å²) >= 11 is 0. The smallest absolute Gasteiger partial charge is 0.160 e. The third kappa shape index (κ3) is 5.72. The highest BCUT2D eigenvalue weighted by Crippen LogP contribution is 2.34. The number of aromatic nitrogens is 3. The molecule has 0 bridgehead atoms. The van der Waals surface area contributed by atoms with E-state index in [4.69, 9.17) is 9.97 Å². The van der Waals surface area contributed by atoms with Gasteiger partial charge in [0, 0.05) is 40.0 Å². The Kier molecular flexibility index (Phi) is 7.49. The number of benzene rings is 7. The van der Waals surface area contributed by atoms with E-state index in [1.807, 2.05) is 24.5 Å². The van der Waals surface area contributed by atoms with Gasteiger partial charge in [0.1, 0.15) is 0 Å². The first-order valence-electron chi connectivity index (χ1n) is 16.8. The van der Waals surface area contributed by atoms with Crippen molar-refractivity contribution in [1.29, 1.82) is 0 Å². The fourth-order valence-corrected chi connectivity index (χ4v) is 6.71. The predicted octanol–water partition coefficient (Wildman–Crippen LogP) is 12.2. The highest BCUT2D eigenvalue weighted by molar-refractivity contribution is 5.96. The normalized spacial score (nSPS) is 11.2. The van der Waals surface area contributed by atoms with Gasteiger partial charge in [0.15, 0.2) is 5.82 Å². The first-order chi connectivity index (χ1) is 24.7. The van der Waals surface area contributed by atoms with E-state index in [0.29, 0.717) is 5.82 Å². The van der Waals surface area contributed by atoms with Crippen molar-refractivity contribution in [2.75, 3.05) is 0 Å². The molecule has 3 heteroatoms. The lowest BCUT2D eigenvalue weighted by Gasteiger charge is -2.12. The van der Waals surface area contributed by atoms with Crippen LogP contribution in [0.15, 0.2) is 188 Å². The average molecular weight is 638 g/mol. The van der Waals surface area contributed by atoms with Crippen molar-refractivity contribution in [3.05, 3.63) is 188 Å². The van der Waals surface area contributed by atoms with E-state index >= 15 is 0 Å². The second kappa shape index (κ2) is 12.7. The van der Waals surface area contributed by atoms with Gasteiger partial charge in [0.25, 0.3) is 0 Å². The largest absolute Gasteiger partial charge is 0.263 e. The maximum atomic E-state index is 5.18. The molecule has 0 unspecified atom stereocenters. The Morgan fingerprint density at radius 2 is 0.840 bits per heavy atom. The Bertz CT molecular complexity index is 2620. The minimum atomic E-state index is 0.689. The summed E-state index contributed by atoms with van der Waals surface area (Å²) in [6.45, 7) is 0. The molecule has 7 aromatic carbocycles. The van der Waals surface area contributed by atoms with Crippen LogP contribution in [0, 0.1) is 0 Å². The van der Waals surface area contributed by atoms with E-state index < -0.39 is 0 Å². The standard InChI is InChI=1S/C47H31N3/c1-2-9-32(10-3-1)34-17-22-36(23-18-34)45-29-46(37-24-20-35(21-25-37)44-31-48-30-42-13-6-7-16-43(42)44)50-47(49-45)41-15-8-14-39(28-41)40-26-19-33-11-4-5-12-38(33)27-40/h1-31H. The van der Waals surface area contributed by atoms with E-state index in [0.717, 1.165) is 55.7 Å². The van der Waals surface area contributed by atoms with E-state index in [1.165, 1.54) is 27.3 Å². The van der Waals surface area contributed by atoms with Crippen LogP contribution in [0.1, 0.15) is 0 Å². The highest BCUT2D eigenvalue weighted by Gasteiger charge is 2.13. The summed E-state index contributed by atoms with van der Waals surface area (Å²) in [5.74, 6) is 0.689. The van der Waals surface area contributed by atoms with Gasteiger partial charge in [-0.1, -0.05) is 158 Å². The lowest BCUT2D eigenvalue weighted by Crippen LogP contribution is -1.96. The summed E-state index contributed by atoms with van der Waals surface area (Å²) in [6.07, 6.45) is 3.86. The van der Waals surface area contributed by atoms with Crippen molar-refractivity contribution in [1.82, 2.24) is 15.0 Å². The first-order valence-corrected chi connectivity index (χ1v) is 16.8. The van der Waals surface area contributed by atoms with Gasteiger partial charge in [-0.15, -0.1) is 0 Å². The number of pyridine rings is 1. The Labute approximate surface area is 291 Å². The molecule has 0 aliphatic heterocycles. The van der Waals surface area contributed by atoms with Crippen LogP contribution >= 0.6 is 0 Å². The van der Waals surface area contributed by atoms with Crippen molar-refractivity contribution in [3.8, 4) is 67.3 Å². The summed E-state index contributed by atoms with van der Waals surface area (Å²) in [4.78, 5) is 14.9. The molecule has 0 amide bonds. The molecular formula is C47H31N3. The molecule has 0 atom stereocenters. The maximum Gasteiger partial charge on any atom is 0.160 e. The molecule has 0 fully saturated rings. The van der Waals surface area contributed by atoms with Crippen molar-refractivity contribution >= 4 is 21.5 Å². The monoisotopic (exact) mass is 637 g/mol. The predicted molar refractivity (Wildman–Crippen MR) is 207 cm³/mol. The molecule has 0 radical (unpaired) electrons. The molecule has 0 aliphatic carbocycles. The maximum absolute atomic E-state index is 5.18. The summed E-state index contributed by atoms with van der Waals surface area (Å²) in [5.41, 5.74) is 11.7. The lowest BCUT2D eigenvalue weighted by atomic mass is 9.98. The Hall–Kier alpha value is -6.71. The third-order valence-electron chi connectivity index (χ3n) is 9.38. The number of rotatable bonds is 6. The van der Waals surface area contributed by atoms with E-state index in [-0.39, 0.29) is 0 Å². The minimum absolute atomic E-state index is 0.689. The van der Waals surface area contributed by atoms with Crippen LogP contribution < -0.4 is 0 Å². The van der Waals surface area contributed by atoms with Gasteiger partial charge in [-0.2, -0.15) is 0 Å². The molecule has 0 spiro atoms. The average Bonchev–Trinajstić information content (AvgIpc) is 3.21. The Balaban J connectivity index is 1.14. The fraction of sp³-hybridized carbons (Fsp3) is 0. The van der Waals surface area contributed by atoms with E-state index in [9.17, 15) is 0 Å². The van der Waals surface area contributed by atoms with Crippen molar-refractivity contribution in [2.24, 2.45) is 0 Å². The number of hydrogen-bond donors (Lipinski definition) is 0. The summed E-state index contributed by atoms with van der Waals surface area (Å²) in [6, 6.07) is 61.8. The van der Waals surface area contributed by atoms with Gasteiger partial charge in [-0.3, -0.25) is 4.98 Å². The summed E-state index contributed by atoms with van der Waals surface area (Å²) in [7, 11) is 0. The van der Waals surface area contributed by atoms with Crippen LogP contribution in [0.5, 0.6) is 0 Å². The third-order valence-corrected chi connectivity index (χ3v) is 9.38. The van der Waals surface area contributed by atoms with Crippen LogP contribution in [-0.2, 0) is 0 Å². The van der Waals surface area contributed by atoms with Gasteiger partial charge < -0.3 is 0 Å². The Morgan fingerprint density at radius 1 is 0.300 bits per heavy atom. The van der Waals surface area contributed by atoms with Crippen molar-refractivity contribution in [2.45, 2.75) is 0 Å². The van der Waals surface area contributed by atoms with Crippen LogP contribution in [-0.4, -0.2) is 15.0 Å². The molecule has 0 saturated heterocycles. The van der Waals surface area contributed by atoms with Crippen LogP contribution in [0.2, 0.25) is 0 Å². The van der Waals surface area contributed by atoms with Crippen LogP contribution in [0.25, 0.3) is 88.8 Å². The summed E-state index contributed by atoms with van der Waals surface area (Å²) in [5, 5.41) is 4.77. The minimum Gasteiger partial charge on any atom is -0.263 e. The van der Waals surface area contributed by atoms with Gasteiger partial charge in [0.2, 0.25) is 0 Å². The quantitative estimate of drug-likeness (QED) is 0.182. The van der Waals surface area contributed by atoms with Gasteiger partial charge in [-0.05, 0) is 62.2 Å². The summed E-state index contributed by atoms with van der Waals surface area (Å²) < 4.78 is 0. The molecule has 0 aliphatic rings. The van der Waals surface area contributed by atoms with E-state index in [2.05, 4.69) is 169 Å². The zero-order valence-electron chi connectivity index (χ0n) is 27.2. The first kappa shape index (κ1) is 29.4. The SMILES string of the molecule is c1ccc(-c2ccc(-c3cc(-c4ccc(-c5cncc6ccccc56)cc4)nc(-c4cccc(-c5ccc6ccccc6c5)c4)n3)cc2)cc1. The molecule has 3 nitrogen and oxygen atoms in total. The lowest BCUT2D eigenvalue weighted by molar-refractivity contribution is 1.18. The number of fused-ring (bicyclic) bond motifs is 2. The van der Waals surface area contributed by atoms with Gasteiger partial charge in [0.05, 0.1) is 11.4 Å². The number of nitrogens with zero attached hydrogens (tertiary/aromatic N) is 3. The van der Waals surface area contributed by atoms with Crippen molar-refractivity contribution in [3.63, 3.8) is 0 Å². The van der Waals surface area contributed by atoms with Crippen LogP contribution in [0.3, 0.4) is 0 Å². The highest BCUT2D eigenvalue weighted by atomic mass is 14.9. The zero-order chi connectivity index (χ0) is 33.3. The molecular weight excluding hydrogens is 607 g/mol. The van der Waals surface area contributed by atoms with Crippen LogP contribution in [0.4, 0.5) is 0 Å². The second-order valence-corrected chi connectivity index (χ2v) is 12.5. The molecule has 0 N–H and O–H groups in total. The molecule has 9 rings (SSSR count). The molecule has 50 heavy (non-hydrogen) atoms. The van der Waals surface area contributed by atoms with E-state index in [1.54, 1.807) is 0 Å². The Morgan fingerprint density at radius 3 is 1.60 bits per heavy atom. The molecule has 2 heterocycles. The zero-order valence-corrected chi connectivity index (χ0v) is 27.2. The van der Waals surface area contributed by atoms with Gasteiger partial charge in [-0.25, -0.2) is 9.97 Å². The molecule has 234 valence electrons.